The van der Waals surface area contributed by atoms with Crippen molar-refractivity contribution in [3.05, 3.63) is 89.5 Å². The third-order valence-corrected chi connectivity index (χ3v) is 4.89. The standard InChI is InChI=1S/C27H30O2/c1-6-7-23-12-17-26(28-24-13-8-21(9-14-24)19(2)3)18-27(23)29-25-15-10-22(11-16-25)20(4)5/h6-20H,1-5H3/b7-6+. The fourth-order valence-electron chi connectivity index (χ4n) is 3.09. The fraction of sp³-hybridized carbons (Fsp3) is 0.259. The summed E-state index contributed by atoms with van der Waals surface area (Å²) in [4.78, 5) is 0. The summed E-state index contributed by atoms with van der Waals surface area (Å²) in [6, 6.07) is 22.5. The average molecular weight is 387 g/mol. The molecule has 3 rings (SSSR count). The van der Waals surface area contributed by atoms with Gasteiger partial charge in [-0.3, -0.25) is 0 Å². The van der Waals surface area contributed by atoms with E-state index in [9.17, 15) is 0 Å². The minimum absolute atomic E-state index is 0.501. The van der Waals surface area contributed by atoms with E-state index in [4.69, 9.17) is 9.47 Å². The Kier molecular flexibility index (Phi) is 6.77. The normalized spacial score (nSPS) is 11.4. The molecule has 0 heterocycles. The van der Waals surface area contributed by atoms with Gasteiger partial charge in [0.2, 0.25) is 0 Å². The van der Waals surface area contributed by atoms with Crippen LogP contribution in [0.25, 0.3) is 6.08 Å². The van der Waals surface area contributed by atoms with Crippen molar-refractivity contribution >= 4 is 6.08 Å². The Bertz CT molecular complexity index is 949. The topological polar surface area (TPSA) is 18.5 Å². The van der Waals surface area contributed by atoms with Crippen LogP contribution in [0.4, 0.5) is 0 Å². The summed E-state index contributed by atoms with van der Waals surface area (Å²) in [5.74, 6) is 4.17. The molecule has 0 bridgehead atoms. The second-order valence-corrected chi connectivity index (χ2v) is 7.85. The van der Waals surface area contributed by atoms with E-state index in [2.05, 4.69) is 52.0 Å². The van der Waals surface area contributed by atoms with Crippen molar-refractivity contribution < 1.29 is 9.47 Å². The lowest BCUT2D eigenvalue weighted by molar-refractivity contribution is 0.459. The molecule has 3 aromatic rings. The Morgan fingerprint density at radius 3 is 1.59 bits per heavy atom. The predicted molar refractivity (Wildman–Crippen MR) is 122 cm³/mol. The van der Waals surface area contributed by atoms with E-state index in [1.165, 1.54) is 11.1 Å². The van der Waals surface area contributed by atoms with Crippen molar-refractivity contribution in [3.63, 3.8) is 0 Å². The number of hydrogen-bond donors (Lipinski definition) is 0. The van der Waals surface area contributed by atoms with E-state index in [1.807, 2.05) is 61.5 Å². The lowest BCUT2D eigenvalue weighted by Crippen LogP contribution is -1.92. The number of rotatable bonds is 7. The summed E-state index contributed by atoms with van der Waals surface area (Å²) in [5, 5.41) is 0. The summed E-state index contributed by atoms with van der Waals surface area (Å²) >= 11 is 0. The largest absolute Gasteiger partial charge is 0.457 e. The van der Waals surface area contributed by atoms with Gasteiger partial charge in [-0.15, -0.1) is 0 Å². The summed E-state index contributed by atoms with van der Waals surface area (Å²) in [6.45, 7) is 10.8. The van der Waals surface area contributed by atoms with Gasteiger partial charge in [0.1, 0.15) is 23.0 Å². The second kappa shape index (κ2) is 9.47. The van der Waals surface area contributed by atoms with E-state index in [1.54, 1.807) is 0 Å². The highest BCUT2D eigenvalue weighted by Gasteiger charge is 2.08. The molecule has 0 unspecified atom stereocenters. The molecule has 0 saturated heterocycles. The molecule has 0 amide bonds. The van der Waals surface area contributed by atoms with Gasteiger partial charge in [-0.25, -0.2) is 0 Å². The molecular formula is C27H30O2. The number of allylic oxidation sites excluding steroid dienone is 1. The maximum absolute atomic E-state index is 6.19. The van der Waals surface area contributed by atoms with Crippen LogP contribution in [0.2, 0.25) is 0 Å². The van der Waals surface area contributed by atoms with Crippen LogP contribution < -0.4 is 9.47 Å². The van der Waals surface area contributed by atoms with Crippen LogP contribution in [0, 0.1) is 0 Å². The van der Waals surface area contributed by atoms with Crippen LogP contribution in [-0.2, 0) is 0 Å². The quantitative estimate of drug-likeness (QED) is 0.405. The first-order valence-corrected chi connectivity index (χ1v) is 10.3. The molecular weight excluding hydrogens is 356 g/mol. The third-order valence-electron chi connectivity index (χ3n) is 4.89. The highest BCUT2D eigenvalue weighted by atomic mass is 16.5. The van der Waals surface area contributed by atoms with Crippen molar-refractivity contribution in [2.45, 2.75) is 46.5 Å². The van der Waals surface area contributed by atoms with Crippen LogP contribution >= 0.6 is 0 Å². The van der Waals surface area contributed by atoms with Gasteiger partial charge < -0.3 is 9.47 Å². The van der Waals surface area contributed by atoms with Gasteiger partial charge in [-0.1, -0.05) is 64.1 Å². The molecule has 29 heavy (non-hydrogen) atoms. The molecule has 0 fully saturated rings. The Balaban J connectivity index is 1.83. The van der Waals surface area contributed by atoms with E-state index >= 15 is 0 Å². The first-order valence-electron chi connectivity index (χ1n) is 10.3. The van der Waals surface area contributed by atoms with E-state index in [0.29, 0.717) is 11.8 Å². The molecule has 0 aromatic heterocycles. The molecule has 3 aromatic carbocycles. The third kappa shape index (κ3) is 5.51. The van der Waals surface area contributed by atoms with Crippen LogP contribution in [0.3, 0.4) is 0 Å². The monoisotopic (exact) mass is 386 g/mol. The van der Waals surface area contributed by atoms with Gasteiger partial charge in [-0.05, 0) is 66.3 Å². The molecule has 0 saturated carbocycles. The van der Waals surface area contributed by atoms with Gasteiger partial charge in [0.25, 0.3) is 0 Å². The Hall–Kier alpha value is -3.00. The number of benzene rings is 3. The second-order valence-electron chi connectivity index (χ2n) is 7.85. The molecule has 0 atom stereocenters. The predicted octanol–water partition coefficient (Wildman–Crippen LogP) is 8.55. The maximum Gasteiger partial charge on any atom is 0.138 e. The van der Waals surface area contributed by atoms with Crippen molar-refractivity contribution in [3.8, 4) is 23.0 Å². The van der Waals surface area contributed by atoms with Crippen molar-refractivity contribution in [2.24, 2.45) is 0 Å². The van der Waals surface area contributed by atoms with Crippen LogP contribution in [0.15, 0.2) is 72.8 Å². The molecule has 0 aliphatic carbocycles. The number of ether oxygens (including phenoxy) is 2. The summed E-state index contributed by atoms with van der Waals surface area (Å²) < 4.78 is 12.3. The number of hydrogen-bond acceptors (Lipinski definition) is 2. The smallest absolute Gasteiger partial charge is 0.138 e. The highest BCUT2D eigenvalue weighted by Crippen LogP contribution is 2.33. The molecule has 150 valence electrons. The van der Waals surface area contributed by atoms with Gasteiger partial charge in [0, 0.05) is 11.6 Å². The van der Waals surface area contributed by atoms with Crippen LogP contribution in [-0.4, -0.2) is 0 Å². The molecule has 0 N–H and O–H groups in total. The lowest BCUT2D eigenvalue weighted by Gasteiger charge is -2.13. The van der Waals surface area contributed by atoms with Gasteiger partial charge >= 0.3 is 0 Å². The first kappa shape index (κ1) is 20.7. The summed E-state index contributed by atoms with van der Waals surface area (Å²) in [5.41, 5.74) is 3.62. The minimum Gasteiger partial charge on any atom is -0.457 e. The molecule has 0 aliphatic heterocycles. The van der Waals surface area contributed by atoms with E-state index in [0.717, 1.165) is 28.6 Å². The SMILES string of the molecule is C/C=C/c1ccc(Oc2ccc(C(C)C)cc2)cc1Oc1ccc(C(C)C)cc1. The van der Waals surface area contributed by atoms with Gasteiger partial charge in [-0.2, -0.15) is 0 Å². The Labute approximate surface area is 174 Å². The Morgan fingerprint density at radius 2 is 1.10 bits per heavy atom. The van der Waals surface area contributed by atoms with Gasteiger partial charge in [0.05, 0.1) is 0 Å². The summed E-state index contributed by atoms with van der Waals surface area (Å²) in [6.07, 6.45) is 4.05. The van der Waals surface area contributed by atoms with E-state index in [-0.39, 0.29) is 0 Å². The molecule has 0 radical (unpaired) electrons. The van der Waals surface area contributed by atoms with Crippen LogP contribution in [0.1, 0.15) is 63.1 Å². The van der Waals surface area contributed by atoms with Crippen LogP contribution in [0.5, 0.6) is 23.0 Å². The maximum atomic E-state index is 6.19. The van der Waals surface area contributed by atoms with Gasteiger partial charge in [0.15, 0.2) is 0 Å². The molecule has 0 aliphatic rings. The molecule has 0 spiro atoms. The molecule has 2 nitrogen and oxygen atoms in total. The van der Waals surface area contributed by atoms with Crippen molar-refractivity contribution in [1.29, 1.82) is 0 Å². The zero-order valence-corrected chi connectivity index (χ0v) is 18.0. The minimum atomic E-state index is 0.501. The fourth-order valence-corrected chi connectivity index (χ4v) is 3.09. The highest BCUT2D eigenvalue weighted by molar-refractivity contribution is 5.60. The zero-order chi connectivity index (χ0) is 20.8. The van der Waals surface area contributed by atoms with Crippen molar-refractivity contribution in [2.75, 3.05) is 0 Å². The lowest BCUT2D eigenvalue weighted by atomic mass is 10.0. The average Bonchev–Trinajstić information content (AvgIpc) is 2.71. The molecule has 2 heteroatoms. The zero-order valence-electron chi connectivity index (χ0n) is 18.0. The van der Waals surface area contributed by atoms with Crippen molar-refractivity contribution in [1.82, 2.24) is 0 Å². The first-order chi connectivity index (χ1) is 14.0. The summed E-state index contributed by atoms with van der Waals surface area (Å²) in [7, 11) is 0. The Morgan fingerprint density at radius 1 is 0.621 bits per heavy atom. The van der Waals surface area contributed by atoms with E-state index < -0.39 is 0 Å².